The van der Waals surface area contributed by atoms with Gasteiger partial charge >= 0.3 is 5.69 Å². The summed E-state index contributed by atoms with van der Waals surface area (Å²) in [6.45, 7) is 3.06. The largest absolute Gasteiger partial charge is 0.474 e. The van der Waals surface area contributed by atoms with Gasteiger partial charge < -0.3 is 24.7 Å². The average Bonchev–Trinajstić information content (AvgIpc) is 3.78. The number of aromatic amines is 1. The van der Waals surface area contributed by atoms with E-state index in [0.717, 1.165) is 68.3 Å². The highest BCUT2D eigenvalue weighted by Gasteiger charge is 2.50. The van der Waals surface area contributed by atoms with E-state index in [0.29, 0.717) is 34.8 Å². The predicted octanol–water partition coefficient (Wildman–Crippen LogP) is 8.21. The first-order valence-corrected chi connectivity index (χ1v) is 23.6. The highest BCUT2D eigenvalue weighted by Crippen LogP contribution is 2.55. The van der Waals surface area contributed by atoms with Crippen LogP contribution < -0.4 is 24.4 Å². The summed E-state index contributed by atoms with van der Waals surface area (Å²) in [5.41, 5.74) is 4.47. The number of H-pyrrole nitrogens is 1. The van der Waals surface area contributed by atoms with Gasteiger partial charge in [-0.1, -0.05) is 30.7 Å². The number of aromatic nitrogens is 3. The highest BCUT2D eigenvalue weighted by molar-refractivity contribution is 7.90. The van der Waals surface area contributed by atoms with Crippen LogP contribution in [0, 0.1) is 21.4 Å². The molecule has 3 N–H and O–H groups in total. The fraction of sp³-hybridized carbons (Fsp3) is 0.457. The first kappa shape index (κ1) is 39.1. The third kappa shape index (κ3) is 7.20. The molecule has 3 saturated carbocycles. The van der Waals surface area contributed by atoms with Crippen LogP contribution in [0.2, 0.25) is 0 Å². The van der Waals surface area contributed by atoms with Crippen LogP contribution in [0.3, 0.4) is 0 Å². The van der Waals surface area contributed by atoms with Crippen LogP contribution in [0.4, 0.5) is 17.1 Å². The first-order valence-electron chi connectivity index (χ1n) is 22.1. The molecule has 3 aliphatic carbocycles. The lowest BCUT2D eigenvalue weighted by atomic mass is 9.59. The van der Waals surface area contributed by atoms with E-state index in [1.165, 1.54) is 51.3 Å². The minimum atomic E-state index is -4.71. The number of carbonyl (C=O) groups excluding carboxylic acids is 1. The van der Waals surface area contributed by atoms with E-state index in [2.05, 4.69) is 59.1 Å². The molecule has 11 rings (SSSR count). The van der Waals surface area contributed by atoms with Crippen LogP contribution >= 0.6 is 0 Å². The molecule has 0 unspecified atom stereocenters. The van der Waals surface area contributed by atoms with Gasteiger partial charge in [0.2, 0.25) is 5.88 Å². The number of nitro groups is 1. The van der Waals surface area contributed by atoms with Crippen LogP contribution in [0.1, 0.15) is 104 Å². The zero-order valence-electron chi connectivity index (χ0n) is 34.4. The van der Waals surface area contributed by atoms with E-state index in [1.54, 1.807) is 35.5 Å². The molecule has 6 aliphatic rings. The summed E-state index contributed by atoms with van der Waals surface area (Å²) in [6, 6.07) is 19.8. The quantitative estimate of drug-likeness (QED) is 0.0856. The van der Waals surface area contributed by atoms with Gasteiger partial charge in [0, 0.05) is 48.5 Å². The van der Waals surface area contributed by atoms with Crippen molar-refractivity contribution in [1.29, 1.82) is 0 Å². The first-order chi connectivity index (χ1) is 30.1. The van der Waals surface area contributed by atoms with Crippen molar-refractivity contribution in [3.8, 4) is 17.4 Å². The van der Waals surface area contributed by atoms with Crippen molar-refractivity contribution in [3.05, 3.63) is 99.9 Å². The summed E-state index contributed by atoms with van der Waals surface area (Å²) >= 11 is 0. The molecule has 15 nitrogen and oxygen atoms in total. The molecule has 2 aromatic carbocycles. The van der Waals surface area contributed by atoms with Crippen LogP contribution in [0.15, 0.2) is 78.1 Å². The van der Waals surface area contributed by atoms with E-state index in [1.807, 2.05) is 12.1 Å². The van der Waals surface area contributed by atoms with Crippen molar-refractivity contribution < 1.29 is 27.6 Å². The van der Waals surface area contributed by atoms with Gasteiger partial charge in [-0.15, -0.1) is 0 Å². The molecule has 3 aromatic heterocycles. The molecule has 16 heteroatoms. The van der Waals surface area contributed by atoms with Crippen molar-refractivity contribution in [2.24, 2.45) is 11.3 Å². The maximum atomic E-state index is 14.0. The van der Waals surface area contributed by atoms with Gasteiger partial charge in [-0.25, -0.2) is 9.71 Å². The zero-order chi connectivity index (χ0) is 42.2. The average molecular weight is 859 g/mol. The fourth-order valence-electron chi connectivity index (χ4n) is 10.8. The van der Waals surface area contributed by atoms with Gasteiger partial charge in [0.05, 0.1) is 28.8 Å². The number of hydrogen-bond donors (Lipinski definition) is 3. The topological polar surface area (TPSA) is 185 Å². The fourth-order valence-corrected chi connectivity index (χ4v) is 11.7. The number of hydrogen-bond acceptors (Lipinski definition) is 12. The number of sulfonamides is 1. The zero-order valence-corrected chi connectivity index (χ0v) is 35.2. The minimum absolute atomic E-state index is 0.0361. The van der Waals surface area contributed by atoms with Crippen molar-refractivity contribution in [2.75, 3.05) is 36.5 Å². The van der Waals surface area contributed by atoms with E-state index in [4.69, 9.17) is 9.47 Å². The molecule has 5 fully saturated rings. The minimum Gasteiger partial charge on any atom is -0.474 e. The second kappa shape index (κ2) is 15.3. The molecule has 0 radical (unpaired) electrons. The van der Waals surface area contributed by atoms with E-state index < -0.39 is 31.6 Å². The Hall–Kier alpha value is -5.74. The maximum Gasteiger partial charge on any atom is 0.300 e. The van der Waals surface area contributed by atoms with Crippen molar-refractivity contribution >= 4 is 44.0 Å². The number of anilines is 2. The molecule has 6 heterocycles. The van der Waals surface area contributed by atoms with Crippen molar-refractivity contribution in [3.63, 3.8) is 0 Å². The molecule has 3 aliphatic heterocycles. The highest BCUT2D eigenvalue weighted by atomic mass is 32.2. The predicted molar refractivity (Wildman–Crippen MR) is 232 cm³/mol. The Morgan fingerprint density at radius 3 is 2.53 bits per heavy atom. The Labute approximate surface area is 359 Å². The number of nitrogens with one attached hydrogen (secondary N) is 3. The van der Waals surface area contributed by atoms with Crippen molar-refractivity contribution in [1.82, 2.24) is 24.6 Å². The van der Waals surface area contributed by atoms with Gasteiger partial charge in [0.25, 0.3) is 15.9 Å². The Balaban J connectivity index is 0.811. The van der Waals surface area contributed by atoms with Crippen LogP contribution in [0.25, 0.3) is 11.0 Å². The number of rotatable bonds is 11. The lowest BCUT2D eigenvalue weighted by molar-refractivity contribution is -0.384. The molecule has 1 spiro atoms. The number of likely N-dealkylation sites (tertiary alicyclic amines) is 1. The summed E-state index contributed by atoms with van der Waals surface area (Å²) in [7, 11) is -4.71. The second-order valence-corrected chi connectivity index (χ2v) is 20.0. The lowest BCUT2D eigenvalue weighted by Crippen LogP contribution is -2.54. The molecule has 5 aromatic rings. The number of piperidine rings is 1. The van der Waals surface area contributed by atoms with Gasteiger partial charge in [-0.2, -0.15) is 13.4 Å². The molecule has 0 bridgehead atoms. The maximum absolute atomic E-state index is 14.0. The van der Waals surface area contributed by atoms with Crippen LogP contribution in [0.5, 0.6) is 17.4 Å². The smallest absolute Gasteiger partial charge is 0.300 e. The summed E-state index contributed by atoms with van der Waals surface area (Å²) in [5, 5.41) is 15.4. The molecule has 1 amide bonds. The molecule has 2 atom stereocenters. The number of nitrogens with zero attached hydrogens (tertiary/aromatic N) is 5. The monoisotopic (exact) mass is 858 g/mol. The normalized spacial score (nSPS) is 22.6. The Morgan fingerprint density at radius 2 is 1.77 bits per heavy atom. The van der Waals surface area contributed by atoms with Crippen molar-refractivity contribution in [2.45, 2.75) is 99.7 Å². The number of fused-ring (bicyclic) bond motifs is 2. The molecule has 322 valence electrons. The van der Waals surface area contributed by atoms with Gasteiger partial charge in [-0.3, -0.25) is 19.8 Å². The second-order valence-electron chi connectivity index (χ2n) is 18.3. The molecule has 2 saturated heterocycles. The van der Waals surface area contributed by atoms with Crippen LogP contribution in [-0.2, 0) is 10.0 Å². The number of amides is 1. The molecular weight excluding hydrogens is 809 g/mol. The summed E-state index contributed by atoms with van der Waals surface area (Å²) in [5.74, 6) is 0.381. The Kier molecular flexibility index (Phi) is 9.63. The Bertz CT molecular complexity index is 2680. The van der Waals surface area contributed by atoms with E-state index in [9.17, 15) is 23.3 Å². The molecule has 62 heavy (non-hydrogen) atoms. The third-order valence-electron chi connectivity index (χ3n) is 14.6. The summed E-state index contributed by atoms with van der Waals surface area (Å²) < 4.78 is 41.8. The molecular formula is C46H50N8O7S. The van der Waals surface area contributed by atoms with Gasteiger partial charge in [-0.05, 0) is 123 Å². The SMILES string of the molecule is O=C(NS(=O)(=O)c1cc([N+](=O)[O-])c2c(n1)OC[C@H](C1CCC1)N2)c1ccc(N2CCC3(CC2)CC(N2CCC[C@@H]2c2ccccc2C2CC2)C3)cc1Oc1cnc2[nH]ccc2c1. The van der Waals surface area contributed by atoms with Gasteiger partial charge in [0.15, 0.2) is 10.7 Å². The lowest BCUT2D eigenvalue weighted by Gasteiger charge is -2.56. The van der Waals surface area contributed by atoms with Gasteiger partial charge in [0.1, 0.15) is 23.8 Å². The summed E-state index contributed by atoms with van der Waals surface area (Å²) in [4.78, 5) is 42.3. The number of carbonyl (C=O) groups is 1. The Morgan fingerprint density at radius 1 is 0.968 bits per heavy atom. The standard InChI is InChI=1S/C46H50N8O7S/c55-44(51-62(58,59)41-23-39(54(56)57)42-45(50-41)60-27-37(49-42)29-5-3-6-29)36-13-12-31(22-40(36)61-33-21-30-14-17-47-43(30)48-26-33)52-19-15-46(16-20-52)24-32(25-46)53-18-4-9-38(53)35-8-2-1-7-34(35)28-10-11-28/h1-2,7-8,12-14,17,21-23,26,28-29,32,37-38,49H,3-6,9-11,15-16,18-20,24-25,27H2,(H,47,48)(H,51,55)/t37-,38-/m1/s1. The summed E-state index contributed by atoms with van der Waals surface area (Å²) in [6.07, 6.45) is 16.0. The number of ether oxygens (including phenoxy) is 2. The van der Waals surface area contributed by atoms with E-state index in [-0.39, 0.29) is 35.5 Å². The van der Waals surface area contributed by atoms with Crippen LogP contribution in [-0.4, -0.2) is 77.4 Å². The number of pyridine rings is 2. The third-order valence-corrected chi connectivity index (χ3v) is 15.8. The number of benzene rings is 2. The van der Waals surface area contributed by atoms with E-state index >= 15 is 0 Å².